The van der Waals surface area contributed by atoms with Crippen molar-refractivity contribution in [3.05, 3.63) is 119 Å². The van der Waals surface area contributed by atoms with Crippen LogP contribution < -0.4 is 18.9 Å². The highest BCUT2D eigenvalue weighted by Gasteiger charge is 2.22. The molecule has 40 heavy (non-hydrogen) atoms. The molecule has 2 aliphatic heterocycles. The first-order valence-electron chi connectivity index (χ1n) is 13.4. The van der Waals surface area contributed by atoms with Gasteiger partial charge in [0, 0.05) is 36.5 Å². The number of rotatable bonds is 8. The Labute approximate surface area is 233 Å². The van der Waals surface area contributed by atoms with Crippen LogP contribution >= 0.6 is 0 Å². The van der Waals surface area contributed by atoms with E-state index in [2.05, 4.69) is 77.2 Å². The van der Waals surface area contributed by atoms with E-state index in [1.165, 1.54) is 5.56 Å². The molecule has 2 aliphatic rings. The predicted octanol–water partition coefficient (Wildman–Crippen LogP) is 6.51. The lowest BCUT2D eigenvalue weighted by Gasteiger charge is -2.24. The summed E-state index contributed by atoms with van der Waals surface area (Å²) in [5.41, 5.74) is 7.74. The Morgan fingerprint density at radius 3 is 1.80 bits per heavy atom. The molecule has 1 aromatic heterocycles. The van der Waals surface area contributed by atoms with Crippen molar-refractivity contribution in [2.75, 3.05) is 13.6 Å². The topological polar surface area (TPSA) is 58.0 Å². The fraction of sp³-hybridized carbons (Fsp3) is 0.182. The standard InChI is InChI=1S/C33H29N3O4/c1-23-28(33(26-8-4-2-5-9-26)34-36(23)27-10-6-3-7-11-27)20-35(18-24-12-14-29-31(16-24)39-21-37-29)19-25-13-15-30-32(17-25)40-22-38-30/h2-17H,18-22H2,1H3. The third-order valence-corrected chi connectivity index (χ3v) is 7.36. The number of hydrogen-bond acceptors (Lipinski definition) is 6. The van der Waals surface area contributed by atoms with Crippen LogP contribution in [0.5, 0.6) is 23.0 Å². The Hall–Kier alpha value is -4.75. The highest BCUT2D eigenvalue weighted by atomic mass is 16.7. The number of para-hydroxylation sites is 1. The number of nitrogens with zero attached hydrogens (tertiary/aromatic N) is 3. The normalized spacial score (nSPS) is 13.2. The first kappa shape index (κ1) is 24.3. The van der Waals surface area contributed by atoms with Crippen molar-refractivity contribution in [2.24, 2.45) is 0 Å². The highest BCUT2D eigenvalue weighted by Crippen LogP contribution is 2.36. The zero-order valence-corrected chi connectivity index (χ0v) is 22.2. The predicted molar refractivity (Wildman–Crippen MR) is 152 cm³/mol. The lowest BCUT2D eigenvalue weighted by Crippen LogP contribution is -2.23. The summed E-state index contributed by atoms with van der Waals surface area (Å²) >= 11 is 0. The van der Waals surface area contributed by atoms with E-state index >= 15 is 0 Å². The molecule has 0 atom stereocenters. The van der Waals surface area contributed by atoms with Crippen LogP contribution in [0.15, 0.2) is 97.1 Å². The third kappa shape index (κ3) is 4.76. The van der Waals surface area contributed by atoms with Crippen LogP contribution in [0.1, 0.15) is 22.4 Å². The van der Waals surface area contributed by atoms with Crippen molar-refractivity contribution in [1.82, 2.24) is 14.7 Å². The second kappa shape index (κ2) is 10.4. The van der Waals surface area contributed by atoms with Gasteiger partial charge in [-0.05, 0) is 54.4 Å². The summed E-state index contributed by atoms with van der Waals surface area (Å²) in [5, 5.41) is 5.13. The zero-order valence-electron chi connectivity index (χ0n) is 22.2. The molecule has 5 aromatic rings. The van der Waals surface area contributed by atoms with Crippen molar-refractivity contribution in [1.29, 1.82) is 0 Å². The van der Waals surface area contributed by atoms with E-state index in [0.29, 0.717) is 6.54 Å². The fourth-order valence-corrected chi connectivity index (χ4v) is 5.36. The maximum absolute atomic E-state index is 5.67. The van der Waals surface area contributed by atoms with Crippen LogP contribution in [0.2, 0.25) is 0 Å². The molecular weight excluding hydrogens is 502 g/mol. The number of hydrogen-bond donors (Lipinski definition) is 0. The van der Waals surface area contributed by atoms with Gasteiger partial charge in [-0.25, -0.2) is 4.68 Å². The Morgan fingerprint density at radius 1 is 0.650 bits per heavy atom. The summed E-state index contributed by atoms with van der Waals surface area (Å²) in [6, 6.07) is 33.1. The molecule has 0 aliphatic carbocycles. The van der Waals surface area contributed by atoms with Gasteiger partial charge in [-0.1, -0.05) is 60.7 Å². The lowest BCUT2D eigenvalue weighted by molar-refractivity contribution is 0.173. The minimum absolute atomic E-state index is 0.262. The van der Waals surface area contributed by atoms with Gasteiger partial charge in [-0.3, -0.25) is 4.90 Å². The number of ether oxygens (including phenoxy) is 4. The van der Waals surface area contributed by atoms with E-state index in [4.69, 9.17) is 24.0 Å². The van der Waals surface area contributed by atoms with E-state index in [0.717, 1.165) is 69.9 Å². The molecule has 0 spiro atoms. The van der Waals surface area contributed by atoms with E-state index in [-0.39, 0.29) is 13.6 Å². The Kier molecular flexibility index (Phi) is 6.34. The molecule has 200 valence electrons. The summed E-state index contributed by atoms with van der Waals surface area (Å²) < 4.78 is 24.5. The van der Waals surface area contributed by atoms with Crippen molar-refractivity contribution >= 4 is 0 Å². The van der Waals surface area contributed by atoms with Gasteiger partial charge in [-0.2, -0.15) is 5.10 Å². The summed E-state index contributed by atoms with van der Waals surface area (Å²) in [4.78, 5) is 2.43. The summed E-state index contributed by atoms with van der Waals surface area (Å²) in [7, 11) is 0. The molecule has 0 unspecified atom stereocenters. The third-order valence-electron chi connectivity index (χ3n) is 7.36. The van der Waals surface area contributed by atoms with Gasteiger partial charge in [0.1, 0.15) is 0 Å². The van der Waals surface area contributed by atoms with Gasteiger partial charge >= 0.3 is 0 Å². The molecule has 7 rings (SSSR count). The van der Waals surface area contributed by atoms with Crippen LogP contribution in [0.3, 0.4) is 0 Å². The van der Waals surface area contributed by atoms with Gasteiger partial charge in [0.05, 0.1) is 11.4 Å². The molecule has 3 heterocycles. The number of benzene rings is 4. The first-order valence-corrected chi connectivity index (χ1v) is 13.4. The average Bonchev–Trinajstić information content (AvgIpc) is 3.73. The van der Waals surface area contributed by atoms with Crippen LogP contribution in [0.4, 0.5) is 0 Å². The zero-order chi connectivity index (χ0) is 26.9. The molecule has 0 bridgehead atoms. The van der Waals surface area contributed by atoms with Crippen molar-refractivity contribution in [3.8, 4) is 39.9 Å². The van der Waals surface area contributed by atoms with Crippen LogP contribution in [0.25, 0.3) is 16.9 Å². The van der Waals surface area contributed by atoms with E-state index in [9.17, 15) is 0 Å². The molecule has 0 N–H and O–H groups in total. The van der Waals surface area contributed by atoms with Gasteiger partial charge in [-0.15, -0.1) is 0 Å². The van der Waals surface area contributed by atoms with E-state index < -0.39 is 0 Å². The lowest BCUT2D eigenvalue weighted by atomic mass is 10.0. The second-order valence-corrected chi connectivity index (χ2v) is 10.0. The summed E-state index contributed by atoms with van der Waals surface area (Å²) in [6.45, 7) is 4.81. The monoisotopic (exact) mass is 531 g/mol. The van der Waals surface area contributed by atoms with Crippen LogP contribution in [-0.2, 0) is 19.6 Å². The Morgan fingerprint density at radius 2 is 1.20 bits per heavy atom. The van der Waals surface area contributed by atoms with E-state index in [1.807, 2.05) is 36.4 Å². The Bertz CT molecular complexity index is 1590. The fourth-order valence-electron chi connectivity index (χ4n) is 5.36. The quantitative estimate of drug-likeness (QED) is 0.228. The van der Waals surface area contributed by atoms with Crippen molar-refractivity contribution in [2.45, 2.75) is 26.6 Å². The molecule has 0 radical (unpaired) electrons. The molecule has 4 aromatic carbocycles. The van der Waals surface area contributed by atoms with Gasteiger partial charge in [0.2, 0.25) is 13.6 Å². The van der Waals surface area contributed by atoms with Crippen LogP contribution in [-0.4, -0.2) is 28.3 Å². The highest BCUT2D eigenvalue weighted by molar-refractivity contribution is 5.65. The van der Waals surface area contributed by atoms with Gasteiger partial charge in [0.15, 0.2) is 23.0 Å². The van der Waals surface area contributed by atoms with Crippen molar-refractivity contribution in [3.63, 3.8) is 0 Å². The van der Waals surface area contributed by atoms with Gasteiger partial charge in [0.25, 0.3) is 0 Å². The molecule has 7 heteroatoms. The van der Waals surface area contributed by atoms with Crippen LogP contribution in [0, 0.1) is 6.92 Å². The molecule has 7 nitrogen and oxygen atoms in total. The maximum atomic E-state index is 5.67. The van der Waals surface area contributed by atoms with E-state index in [1.54, 1.807) is 0 Å². The molecule has 0 amide bonds. The molecule has 0 fully saturated rings. The SMILES string of the molecule is Cc1c(CN(Cc2ccc3c(c2)OCO3)Cc2ccc3c(c2)OCO3)c(-c2ccccc2)nn1-c1ccccc1. The maximum Gasteiger partial charge on any atom is 0.231 e. The summed E-state index contributed by atoms with van der Waals surface area (Å²) in [5.74, 6) is 3.16. The van der Waals surface area contributed by atoms with Crippen molar-refractivity contribution < 1.29 is 18.9 Å². The number of fused-ring (bicyclic) bond motifs is 2. The minimum Gasteiger partial charge on any atom is -0.454 e. The Balaban J connectivity index is 1.27. The average molecular weight is 532 g/mol. The van der Waals surface area contributed by atoms with Gasteiger partial charge < -0.3 is 18.9 Å². The molecule has 0 saturated carbocycles. The number of aromatic nitrogens is 2. The summed E-state index contributed by atoms with van der Waals surface area (Å²) in [6.07, 6.45) is 0. The molecular formula is C33H29N3O4. The smallest absolute Gasteiger partial charge is 0.231 e. The minimum atomic E-state index is 0.262. The second-order valence-electron chi connectivity index (χ2n) is 10.0. The first-order chi connectivity index (χ1) is 19.7. The largest absolute Gasteiger partial charge is 0.454 e. The molecule has 0 saturated heterocycles.